The molecular weight excluding hydrogens is 695 g/mol. The van der Waals surface area contributed by atoms with Crippen molar-refractivity contribution in [1.82, 2.24) is 0 Å². The number of carbonyl (C=O) groups is 2. The third-order valence-electron chi connectivity index (χ3n) is 8.19. The van der Waals surface area contributed by atoms with Crippen molar-refractivity contribution in [2.45, 2.75) is 167 Å². The number of esters is 2. The molecule has 0 bridgehead atoms. The summed E-state index contributed by atoms with van der Waals surface area (Å²) >= 11 is 0. The molecule has 0 aromatic heterocycles. The molecule has 3 N–H and O–H groups in total. The van der Waals surface area contributed by atoms with Crippen molar-refractivity contribution in [1.29, 1.82) is 0 Å². The highest BCUT2D eigenvalue weighted by atomic mass is 31.2. The number of aliphatic hydroxyl groups is 2. The van der Waals surface area contributed by atoms with Gasteiger partial charge in [-0.1, -0.05) is 152 Å². The van der Waals surface area contributed by atoms with Crippen LogP contribution < -0.4 is 0 Å². The summed E-state index contributed by atoms with van der Waals surface area (Å²) in [6, 6.07) is 0. The van der Waals surface area contributed by atoms with Gasteiger partial charge in [0.05, 0.1) is 19.8 Å². The molecule has 0 rings (SSSR count). The Kier molecular flexibility index (Phi) is 36.3. The lowest BCUT2D eigenvalue weighted by atomic mass is 10.1. The second-order valence-corrected chi connectivity index (χ2v) is 14.8. The first kappa shape index (κ1) is 50.7. The number of hydrogen-bond donors (Lipinski definition) is 3. The largest absolute Gasteiger partial charge is 0.472 e. The predicted molar refractivity (Wildman–Crippen MR) is 214 cm³/mol. The van der Waals surface area contributed by atoms with Gasteiger partial charge < -0.3 is 24.6 Å². The molecule has 0 aliphatic heterocycles. The summed E-state index contributed by atoms with van der Waals surface area (Å²) in [4.78, 5) is 34.8. The van der Waals surface area contributed by atoms with Crippen LogP contribution in [-0.2, 0) is 32.7 Å². The van der Waals surface area contributed by atoms with E-state index in [-0.39, 0.29) is 19.4 Å². The number of hydrogen-bond acceptors (Lipinski definition) is 9. The molecule has 53 heavy (non-hydrogen) atoms. The molecule has 0 aromatic rings. The number of phosphoric acid groups is 1. The van der Waals surface area contributed by atoms with Crippen molar-refractivity contribution in [3.63, 3.8) is 0 Å². The van der Waals surface area contributed by atoms with Crippen LogP contribution in [0.3, 0.4) is 0 Å². The lowest BCUT2D eigenvalue weighted by Crippen LogP contribution is -2.29. The van der Waals surface area contributed by atoms with Crippen molar-refractivity contribution in [2.75, 3.05) is 26.4 Å². The SMILES string of the molecule is CCCCC/C=C/C/C=C/C/C=C/C/C=C/C/C=C/CCC(=O)O[C@H](COC(=O)CCCCCCCCCCCCC)COP(=O)(O)OC[C@@H](O)CO. The smallest absolute Gasteiger partial charge is 0.462 e. The van der Waals surface area contributed by atoms with Crippen LogP contribution in [0.4, 0.5) is 0 Å². The maximum absolute atomic E-state index is 12.5. The van der Waals surface area contributed by atoms with E-state index in [0.717, 1.165) is 44.9 Å². The zero-order chi connectivity index (χ0) is 39.1. The molecule has 0 aromatic carbocycles. The monoisotopic (exact) mass is 768 g/mol. The Balaban J connectivity index is 4.47. The summed E-state index contributed by atoms with van der Waals surface area (Å²) in [5.74, 6) is -1.02. The number of phosphoric ester groups is 1. The molecule has 0 saturated heterocycles. The van der Waals surface area contributed by atoms with E-state index in [2.05, 4.69) is 67.0 Å². The van der Waals surface area contributed by atoms with Crippen molar-refractivity contribution in [3.8, 4) is 0 Å². The summed E-state index contributed by atoms with van der Waals surface area (Å²) in [6.07, 6.45) is 40.6. The molecule has 11 heteroatoms. The summed E-state index contributed by atoms with van der Waals surface area (Å²) in [7, 11) is -4.63. The van der Waals surface area contributed by atoms with Crippen molar-refractivity contribution in [2.24, 2.45) is 0 Å². The van der Waals surface area contributed by atoms with E-state index in [1.807, 2.05) is 12.2 Å². The van der Waals surface area contributed by atoms with Crippen LogP contribution in [-0.4, -0.2) is 65.7 Å². The number of allylic oxidation sites excluding steroid dienone is 10. The van der Waals surface area contributed by atoms with Gasteiger partial charge in [-0.3, -0.25) is 18.6 Å². The summed E-state index contributed by atoms with van der Waals surface area (Å²) in [5, 5.41) is 18.3. The molecule has 0 aliphatic rings. The quantitative estimate of drug-likeness (QED) is 0.0241. The van der Waals surface area contributed by atoms with E-state index in [1.54, 1.807) is 0 Å². The highest BCUT2D eigenvalue weighted by Crippen LogP contribution is 2.43. The van der Waals surface area contributed by atoms with Gasteiger partial charge in [-0.25, -0.2) is 4.57 Å². The van der Waals surface area contributed by atoms with E-state index in [4.69, 9.17) is 19.1 Å². The molecule has 0 saturated carbocycles. The molecule has 1 unspecified atom stereocenters. The maximum atomic E-state index is 12.5. The van der Waals surface area contributed by atoms with E-state index in [9.17, 15) is 24.2 Å². The van der Waals surface area contributed by atoms with Gasteiger partial charge in [0.2, 0.25) is 0 Å². The molecule has 0 radical (unpaired) electrons. The first-order chi connectivity index (χ1) is 25.7. The normalized spacial score (nSPS) is 14.6. The first-order valence-electron chi connectivity index (χ1n) is 20.2. The van der Waals surface area contributed by atoms with Gasteiger partial charge in [0, 0.05) is 12.8 Å². The topological polar surface area (TPSA) is 149 Å². The van der Waals surface area contributed by atoms with Crippen molar-refractivity contribution >= 4 is 19.8 Å². The van der Waals surface area contributed by atoms with Gasteiger partial charge in [-0.05, 0) is 51.4 Å². The molecule has 10 nitrogen and oxygen atoms in total. The van der Waals surface area contributed by atoms with E-state index < -0.39 is 51.8 Å². The van der Waals surface area contributed by atoms with Gasteiger partial charge >= 0.3 is 19.8 Å². The highest BCUT2D eigenvalue weighted by Gasteiger charge is 2.27. The Morgan fingerprint density at radius 2 is 1.02 bits per heavy atom. The molecule has 0 fully saturated rings. The molecule has 0 amide bonds. The standard InChI is InChI=1S/C42H73O10P/c1-3-5-7-9-11-13-15-16-17-18-19-20-21-22-24-26-28-30-32-34-42(46)52-40(38-51-53(47,48)50-36-39(44)35-43)37-49-41(45)33-31-29-27-25-23-14-12-10-8-6-4-2/h11,13,16-17,19-20,22,24,28,30,39-40,43-44H,3-10,12,14-15,18,21,23,25-27,29,31-38H2,1-2H3,(H,47,48)/b13-11+,17-16+,20-19+,24-22+,30-28+/t39-,40+/m0/s1. The lowest BCUT2D eigenvalue weighted by molar-refractivity contribution is -0.161. The zero-order valence-electron chi connectivity index (χ0n) is 33.0. The van der Waals surface area contributed by atoms with E-state index in [0.29, 0.717) is 12.8 Å². The Bertz CT molecular complexity index is 1070. The zero-order valence-corrected chi connectivity index (χ0v) is 33.9. The fourth-order valence-electron chi connectivity index (χ4n) is 5.03. The van der Waals surface area contributed by atoms with Gasteiger partial charge in [0.25, 0.3) is 0 Å². The van der Waals surface area contributed by atoms with Crippen LogP contribution in [0.5, 0.6) is 0 Å². The Morgan fingerprint density at radius 1 is 0.566 bits per heavy atom. The minimum Gasteiger partial charge on any atom is -0.462 e. The van der Waals surface area contributed by atoms with Gasteiger partial charge in [0.15, 0.2) is 6.10 Å². The Labute approximate surface area is 321 Å². The molecule has 0 spiro atoms. The van der Waals surface area contributed by atoms with Gasteiger partial charge in [-0.2, -0.15) is 0 Å². The molecule has 306 valence electrons. The second kappa shape index (κ2) is 38.0. The average molecular weight is 769 g/mol. The molecule has 3 atom stereocenters. The first-order valence-corrected chi connectivity index (χ1v) is 21.7. The molecular formula is C42H73O10P. The number of aliphatic hydroxyl groups excluding tert-OH is 2. The number of unbranched alkanes of at least 4 members (excludes halogenated alkanes) is 13. The van der Waals surface area contributed by atoms with Crippen molar-refractivity contribution < 1.29 is 47.8 Å². The Hall–Kier alpha value is -2.33. The predicted octanol–water partition coefficient (Wildman–Crippen LogP) is 10.3. The number of rotatable bonds is 37. The van der Waals surface area contributed by atoms with Crippen LogP contribution in [0.1, 0.15) is 155 Å². The fraction of sp³-hybridized carbons (Fsp3) is 0.714. The van der Waals surface area contributed by atoms with Crippen LogP contribution in [0, 0.1) is 0 Å². The van der Waals surface area contributed by atoms with E-state index in [1.165, 1.54) is 70.6 Å². The van der Waals surface area contributed by atoms with Crippen LogP contribution in [0.25, 0.3) is 0 Å². The van der Waals surface area contributed by atoms with Crippen LogP contribution >= 0.6 is 7.82 Å². The fourth-order valence-corrected chi connectivity index (χ4v) is 5.82. The number of ether oxygens (including phenoxy) is 2. The summed E-state index contributed by atoms with van der Waals surface area (Å²) in [5.41, 5.74) is 0. The van der Waals surface area contributed by atoms with Crippen molar-refractivity contribution in [3.05, 3.63) is 60.8 Å². The van der Waals surface area contributed by atoms with E-state index >= 15 is 0 Å². The molecule has 0 heterocycles. The van der Waals surface area contributed by atoms with Gasteiger partial charge in [0.1, 0.15) is 12.7 Å². The van der Waals surface area contributed by atoms with Crippen LogP contribution in [0.15, 0.2) is 60.8 Å². The minimum atomic E-state index is -4.63. The maximum Gasteiger partial charge on any atom is 0.472 e. The summed E-state index contributed by atoms with van der Waals surface area (Å²) in [6.45, 7) is 2.24. The highest BCUT2D eigenvalue weighted by molar-refractivity contribution is 7.47. The minimum absolute atomic E-state index is 0.0598. The number of carbonyl (C=O) groups excluding carboxylic acids is 2. The lowest BCUT2D eigenvalue weighted by Gasteiger charge is -2.20. The van der Waals surface area contributed by atoms with Crippen LogP contribution in [0.2, 0.25) is 0 Å². The second-order valence-electron chi connectivity index (χ2n) is 13.3. The molecule has 0 aliphatic carbocycles. The third kappa shape index (κ3) is 37.8. The Morgan fingerprint density at radius 3 is 1.55 bits per heavy atom. The average Bonchev–Trinajstić information content (AvgIpc) is 3.14. The third-order valence-corrected chi connectivity index (χ3v) is 9.14. The van der Waals surface area contributed by atoms with Gasteiger partial charge in [-0.15, -0.1) is 0 Å². The summed E-state index contributed by atoms with van der Waals surface area (Å²) < 4.78 is 32.5.